The molecule has 7 nitrogen and oxygen atoms in total. The van der Waals surface area contributed by atoms with Crippen LogP contribution in [0.1, 0.15) is 24.8 Å². The molecule has 9 heteroatoms. The van der Waals surface area contributed by atoms with Gasteiger partial charge in [0.2, 0.25) is 17.7 Å². The zero-order valence-corrected chi connectivity index (χ0v) is 20.4. The molecule has 3 aliphatic rings. The van der Waals surface area contributed by atoms with E-state index in [1.807, 2.05) is 12.2 Å². The first kappa shape index (κ1) is 23.6. The first-order chi connectivity index (χ1) is 16.8. The molecule has 1 aliphatic carbocycles. The lowest BCUT2D eigenvalue weighted by molar-refractivity contribution is -0.139. The second-order valence-corrected chi connectivity index (χ2v) is 9.80. The fourth-order valence-corrected chi connectivity index (χ4v) is 5.38. The summed E-state index contributed by atoms with van der Waals surface area (Å²) in [5.41, 5.74) is 1.58. The Hall–Kier alpha value is -3.16. The van der Waals surface area contributed by atoms with E-state index in [9.17, 15) is 19.2 Å². The number of benzene rings is 2. The number of ether oxygens (including phenoxy) is 1. The first-order valence-electron chi connectivity index (χ1n) is 11.4. The normalized spacial score (nSPS) is 23.7. The molecule has 2 aromatic rings. The molecular formula is C26H22Cl2N2O5. The van der Waals surface area contributed by atoms with E-state index in [4.69, 9.17) is 27.9 Å². The molecule has 35 heavy (non-hydrogen) atoms. The van der Waals surface area contributed by atoms with Crippen LogP contribution in [0.2, 0.25) is 10.0 Å². The van der Waals surface area contributed by atoms with Crippen LogP contribution in [-0.2, 0) is 19.2 Å². The highest BCUT2D eigenvalue weighted by molar-refractivity contribution is 6.44. The van der Waals surface area contributed by atoms with Gasteiger partial charge >= 0.3 is 5.97 Å². The van der Waals surface area contributed by atoms with Crippen molar-refractivity contribution < 1.29 is 23.9 Å². The second-order valence-electron chi connectivity index (χ2n) is 9.02. The molecule has 180 valence electrons. The van der Waals surface area contributed by atoms with E-state index in [2.05, 4.69) is 0 Å². The minimum absolute atomic E-state index is 0.00760. The number of halogens is 2. The summed E-state index contributed by atoms with van der Waals surface area (Å²) < 4.78 is 5.56. The van der Waals surface area contributed by atoms with E-state index >= 15 is 0 Å². The fraction of sp³-hybridized carbons (Fsp3) is 0.308. The summed E-state index contributed by atoms with van der Waals surface area (Å²) in [4.78, 5) is 53.9. The van der Waals surface area contributed by atoms with Crippen molar-refractivity contribution in [2.24, 2.45) is 17.8 Å². The van der Waals surface area contributed by atoms with E-state index in [-0.39, 0.29) is 53.3 Å². The van der Waals surface area contributed by atoms with Crippen molar-refractivity contribution in [2.75, 3.05) is 16.3 Å². The number of anilines is 2. The summed E-state index contributed by atoms with van der Waals surface area (Å²) >= 11 is 12.3. The molecule has 0 saturated carbocycles. The Labute approximate surface area is 212 Å². The Bertz CT molecular complexity index is 1260. The van der Waals surface area contributed by atoms with Gasteiger partial charge in [-0.1, -0.05) is 41.4 Å². The Kier molecular flexibility index (Phi) is 6.15. The summed E-state index contributed by atoms with van der Waals surface area (Å²) in [5, 5.41) is 0.577. The van der Waals surface area contributed by atoms with Crippen molar-refractivity contribution in [3.63, 3.8) is 0 Å². The van der Waals surface area contributed by atoms with Gasteiger partial charge in [-0.3, -0.25) is 19.2 Å². The lowest BCUT2D eigenvalue weighted by Gasteiger charge is -2.19. The molecule has 2 saturated heterocycles. The third-order valence-corrected chi connectivity index (χ3v) is 7.62. The number of fused-ring (bicyclic) bond motifs is 1. The number of carbonyl (C=O) groups is 4. The summed E-state index contributed by atoms with van der Waals surface area (Å²) in [6.07, 6.45) is 5.02. The molecule has 2 heterocycles. The number of hydrogen-bond donors (Lipinski definition) is 0. The molecule has 0 N–H and O–H groups in total. The predicted octanol–water partition coefficient (Wildman–Crippen LogP) is 4.72. The molecule has 0 spiro atoms. The first-order valence-corrected chi connectivity index (χ1v) is 12.1. The molecule has 2 aliphatic heterocycles. The van der Waals surface area contributed by atoms with Gasteiger partial charge in [0.1, 0.15) is 5.75 Å². The van der Waals surface area contributed by atoms with E-state index in [0.717, 1.165) is 0 Å². The molecule has 0 unspecified atom stereocenters. The molecule has 3 amide bonds. The van der Waals surface area contributed by atoms with Gasteiger partial charge in [0.15, 0.2) is 0 Å². The van der Waals surface area contributed by atoms with Crippen molar-refractivity contribution in [1.82, 2.24) is 0 Å². The zero-order chi connectivity index (χ0) is 24.9. The maximum absolute atomic E-state index is 12.9. The average molecular weight is 513 g/mol. The molecule has 0 bridgehead atoms. The summed E-state index contributed by atoms with van der Waals surface area (Å²) in [6.45, 7) is 1.89. The quantitative estimate of drug-likeness (QED) is 0.256. The van der Waals surface area contributed by atoms with Gasteiger partial charge in [-0.2, -0.15) is 0 Å². The largest absolute Gasteiger partial charge is 0.426 e. The van der Waals surface area contributed by atoms with Crippen molar-refractivity contribution in [3.8, 4) is 5.75 Å². The zero-order valence-electron chi connectivity index (χ0n) is 18.9. The maximum Gasteiger partial charge on any atom is 0.316 e. The number of esters is 1. The van der Waals surface area contributed by atoms with Gasteiger partial charge in [0.05, 0.1) is 39.2 Å². The lowest BCUT2D eigenvalue weighted by Crippen LogP contribution is -2.31. The van der Waals surface area contributed by atoms with Crippen LogP contribution in [0.4, 0.5) is 11.4 Å². The van der Waals surface area contributed by atoms with E-state index in [0.29, 0.717) is 34.8 Å². The monoisotopic (exact) mass is 512 g/mol. The van der Waals surface area contributed by atoms with Crippen LogP contribution in [0.25, 0.3) is 0 Å². The van der Waals surface area contributed by atoms with Crippen molar-refractivity contribution in [3.05, 3.63) is 64.2 Å². The van der Waals surface area contributed by atoms with E-state index in [1.54, 1.807) is 43.3 Å². The summed E-state index contributed by atoms with van der Waals surface area (Å²) in [5.74, 6) is -2.21. The maximum atomic E-state index is 12.9. The highest BCUT2D eigenvalue weighted by Crippen LogP contribution is 2.40. The number of hydrogen-bond acceptors (Lipinski definition) is 5. The topological polar surface area (TPSA) is 84.0 Å². The van der Waals surface area contributed by atoms with Crippen LogP contribution in [0.5, 0.6) is 5.75 Å². The molecule has 0 aromatic heterocycles. The number of carbonyl (C=O) groups excluding carboxylic acids is 4. The number of amides is 3. The van der Waals surface area contributed by atoms with Crippen molar-refractivity contribution in [2.45, 2.75) is 26.2 Å². The Morgan fingerprint density at radius 3 is 2.31 bits per heavy atom. The smallest absolute Gasteiger partial charge is 0.316 e. The standard InChI is InChI=1S/C26H22Cl2N2O5/c1-14-11-16(9-10-20(14)30-24(32)17-5-2-3-6-18(17)25(30)33)35-26(34)15-12-22(31)29(13-15)21-8-4-7-19(27)23(21)28/h2-4,7-11,15,17-18H,5-6,12-13H2,1H3/t15-,17-,18-/m1/s1. The molecule has 3 atom stereocenters. The Morgan fingerprint density at radius 1 is 0.971 bits per heavy atom. The fourth-order valence-electron chi connectivity index (χ4n) is 4.98. The van der Waals surface area contributed by atoms with Gasteiger partial charge in [0, 0.05) is 13.0 Å². The van der Waals surface area contributed by atoms with Crippen LogP contribution >= 0.6 is 23.2 Å². The van der Waals surface area contributed by atoms with E-state index in [1.165, 1.54) is 9.80 Å². The number of rotatable bonds is 4. The molecule has 0 radical (unpaired) electrons. The van der Waals surface area contributed by atoms with Crippen molar-refractivity contribution in [1.29, 1.82) is 0 Å². The number of aryl methyl sites for hydroxylation is 1. The molecule has 5 rings (SSSR count). The van der Waals surface area contributed by atoms with Crippen LogP contribution in [-0.4, -0.2) is 30.2 Å². The van der Waals surface area contributed by atoms with Crippen LogP contribution in [0, 0.1) is 24.7 Å². The molecular weight excluding hydrogens is 491 g/mol. The van der Waals surface area contributed by atoms with Gasteiger partial charge in [0.25, 0.3) is 0 Å². The van der Waals surface area contributed by atoms with Gasteiger partial charge < -0.3 is 9.64 Å². The van der Waals surface area contributed by atoms with Crippen LogP contribution in [0.3, 0.4) is 0 Å². The number of imide groups is 1. The van der Waals surface area contributed by atoms with E-state index < -0.39 is 11.9 Å². The highest BCUT2D eigenvalue weighted by Gasteiger charge is 2.48. The SMILES string of the molecule is Cc1cc(OC(=O)[C@@H]2CC(=O)N(c3cccc(Cl)c3Cl)C2)ccc1N1C(=O)[C@@H]2CC=CC[C@H]2C1=O. The van der Waals surface area contributed by atoms with Gasteiger partial charge in [-0.15, -0.1) is 0 Å². The number of allylic oxidation sites excluding steroid dienone is 2. The number of nitrogens with zero attached hydrogens (tertiary/aromatic N) is 2. The van der Waals surface area contributed by atoms with Crippen LogP contribution in [0.15, 0.2) is 48.6 Å². The average Bonchev–Trinajstić information content (AvgIpc) is 3.34. The minimum Gasteiger partial charge on any atom is -0.426 e. The summed E-state index contributed by atoms with van der Waals surface area (Å²) in [6, 6.07) is 9.79. The highest BCUT2D eigenvalue weighted by atomic mass is 35.5. The summed E-state index contributed by atoms with van der Waals surface area (Å²) in [7, 11) is 0. The van der Waals surface area contributed by atoms with Gasteiger partial charge in [-0.05, 0) is 55.7 Å². The minimum atomic E-state index is -0.671. The molecule has 2 aromatic carbocycles. The van der Waals surface area contributed by atoms with Crippen molar-refractivity contribution >= 4 is 58.3 Å². The third kappa shape index (κ3) is 4.13. The third-order valence-electron chi connectivity index (χ3n) is 6.82. The Balaban J connectivity index is 1.29. The predicted molar refractivity (Wildman–Crippen MR) is 132 cm³/mol. The second kappa shape index (κ2) is 9.13. The Morgan fingerprint density at radius 2 is 1.66 bits per heavy atom. The van der Waals surface area contributed by atoms with Gasteiger partial charge in [-0.25, -0.2) is 4.90 Å². The van der Waals surface area contributed by atoms with Crippen LogP contribution < -0.4 is 14.5 Å². The lowest BCUT2D eigenvalue weighted by atomic mass is 9.85. The molecule has 2 fully saturated rings.